The molecule has 3 nitrogen and oxygen atoms in total. The smallest absolute Gasteiger partial charge is 0.229 e. The Labute approximate surface area is 65.2 Å². The Bertz CT molecular complexity index is 182. The summed E-state index contributed by atoms with van der Waals surface area (Å²) < 4.78 is 0. The molecule has 1 aliphatic carbocycles. The summed E-state index contributed by atoms with van der Waals surface area (Å²) in [6, 6.07) is 0. The van der Waals surface area contributed by atoms with Crippen molar-refractivity contribution < 1.29 is 9.59 Å². The quantitative estimate of drug-likeness (QED) is 0.513. The van der Waals surface area contributed by atoms with Gasteiger partial charge in [-0.15, -0.1) is 0 Å². The SMILES string of the molecule is O=C1NC(=O)C2CCC1CC2. The van der Waals surface area contributed by atoms with Gasteiger partial charge in [0.15, 0.2) is 0 Å². The molecule has 1 saturated carbocycles. The number of nitrogens with one attached hydrogen (secondary N) is 1. The van der Waals surface area contributed by atoms with Crippen molar-refractivity contribution in [1.82, 2.24) is 5.32 Å². The lowest BCUT2D eigenvalue weighted by atomic mass is 9.84. The molecular formula is C8H11NO2. The third-order valence-electron chi connectivity index (χ3n) is 2.72. The third-order valence-corrected chi connectivity index (χ3v) is 2.72. The van der Waals surface area contributed by atoms with Gasteiger partial charge in [0.25, 0.3) is 0 Å². The van der Waals surface area contributed by atoms with E-state index in [1.54, 1.807) is 0 Å². The van der Waals surface area contributed by atoms with Gasteiger partial charge >= 0.3 is 0 Å². The van der Waals surface area contributed by atoms with Crippen LogP contribution in [0.15, 0.2) is 0 Å². The number of hydrogen-bond donors (Lipinski definition) is 1. The monoisotopic (exact) mass is 153 g/mol. The molecule has 11 heavy (non-hydrogen) atoms. The molecule has 0 aromatic heterocycles. The van der Waals surface area contributed by atoms with Gasteiger partial charge in [0.1, 0.15) is 0 Å². The predicted octanol–water partition coefficient (Wildman–Crippen LogP) is 0.449. The molecule has 3 fully saturated rings. The minimum Gasteiger partial charge on any atom is -0.296 e. The molecule has 0 aromatic rings. The molecule has 2 saturated heterocycles. The molecule has 0 aromatic carbocycles. The predicted molar refractivity (Wildman–Crippen MR) is 38.6 cm³/mol. The van der Waals surface area contributed by atoms with Crippen molar-refractivity contribution in [2.45, 2.75) is 25.7 Å². The lowest BCUT2D eigenvalue weighted by molar-refractivity contribution is -0.131. The average molecular weight is 153 g/mol. The average Bonchev–Trinajstić information content (AvgIpc) is 2.22. The van der Waals surface area contributed by atoms with E-state index in [9.17, 15) is 9.59 Å². The van der Waals surface area contributed by atoms with Crippen LogP contribution >= 0.6 is 0 Å². The van der Waals surface area contributed by atoms with Gasteiger partial charge in [-0.3, -0.25) is 14.9 Å². The zero-order valence-electron chi connectivity index (χ0n) is 6.30. The Kier molecular flexibility index (Phi) is 1.44. The Morgan fingerprint density at radius 3 is 1.64 bits per heavy atom. The lowest BCUT2D eigenvalue weighted by Crippen LogP contribution is -2.32. The van der Waals surface area contributed by atoms with Crippen molar-refractivity contribution in [3.05, 3.63) is 0 Å². The number of carbonyl (C=O) groups excluding carboxylic acids is 2. The van der Waals surface area contributed by atoms with E-state index >= 15 is 0 Å². The second-order valence-electron chi connectivity index (χ2n) is 3.40. The van der Waals surface area contributed by atoms with Crippen molar-refractivity contribution in [2.24, 2.45) is 11.8 Å². The Morgan fingerprint density at radius 2 is 1.27 bits per heavy atom. The van der Waals surface area contributed by atoms with Crippen LogP contribution in [-0.2, 0) is 9.59 Å². The van der Waals surface area contributed by atoms with Crippen LogP contribution in [0.1, 0.15) is 25.7 Å². The van der Waals surface area contributed by atoms with Crippen LogP contribution in [-0.4, -0.2) is 11.8 Å². The molecule has 3 heteroatoms. The third kappa shape index (κ3) is 1.04. The number of amides is 2. The van der Waals surface area contributed by atoms with Gasteiger partial charge in [-0.2, -0.15) is 0 Å². The molecule has 60 valence electrons. The lowest BCUT2D eigenvalue weighted by Gasteiger charge is -2.18. The first-order valence-electron chi connectivity index (χ1n) is 4.12. The molecule has 3 rings (SSSR count). The second kappa shape index (κ2) is 2.32. The molecule has 3 aliphatic rings. The maximum absolute atomic E-state index is 11.2. The maximum Gasteiger partial charge on any atom is 0.229 e. The zero-order valence-corrected chi connectivity index (χ0v) is 6.30. The molecular weight excluding hydrogens is 142 g/mol. The molecule has 0 radical (unpaired) electrons. The van der Waals surface area contributed by atoms with Crippen LogP contribution < -0.4 is 5.32 Å². The van der Waals surface area contributed by atoms with Crippen LogP contribution in [0.3, 0.4) is 0 Å². The van der Waals surface area contributed by atoms with E-state index < -0.39 is 0 Å². The number of hydrogen-bond acceptors (Lipinski definition) is 2. The fraction of sp³-hybridized carbons (Fsp3) is 0.750. The summed E-state index contributed by atoms with van der Waals surface area (Å²) in [7, 11) is 0. The minimum atomic E-state index is -0.0463. The van der Waals surface area contributed by atoms with Crippen LogP contribution in [0.4, 0.5) is 0 Å². The van der Waals surface area contributed by atoms with Crippen LogP contribution in [0.5, 0.6) is 0 Å². The summed E-state index contributed by atoms with van der Waals surface area (Å²) in [5, 5.41) is 2.43. The highest BCUT2D eigenvalue weighted by Crippen LogP contribution is 2.31. The van der Waals surface area contributed by atoms with Gasteiger partial charge in [-0.25, -0.2) is 0 Å². The molecule has 2 aliphatic heterocycles. The van der Waals surface area contributed by atoms with Gasteiger partial charge < -0.3 is 0 Å². The first-order chi connectivity index (χ1) is 5.27. The van der Waals surface area contributed by atoms with Crippen molar-refractivity contribution in [3.63, 3.8) is 0 Å². The van der Waals surface area contributed by atoms with Gasteiger partial charge in [-0.1, -0.05) is 0 Å². The van der Waals surface area contributed by atoms with Crippen LogP contribution in [0, 0.1) is 11.8 Å². The summed E-state index contributed by atoms with van der Waals surface area (Å²) >= 11 is 0. The minimum absolute atomic E-state index is 0.0463. The summed E-state index contributed by atoms with van der Waals surface area (Å²) in [6.07, 6.45) is 3.62. The largest absolute Gasteiger partial charge is 0.296 e. The van der Waals surface area contributed by atoms with E-state index in [-0.39, 0.29) is 23.7 Å². The fourth-order valence-corrected chi connectivity index (χ4v) is 1.94. The number of rotatable bonds is 0. The first kappa shape index (κ1) is 6.83. The van der Waals surface area contributed by atoms with Crippen molar-refractivity contribution in [3.8, 4) is 0 Å². The highest BCUT2D eigenvalue weighted by atomic mass is 16.2. The molecule has 0 spiro atoms. The maximum atomic E-state index is 11.2. The Hall–Kier alpha value is -0.860. The molecule has 2 bridgehead atoms. The standard InChI is InChI=1S/C8H11NO2/c10-7-5-1-2-6(4-3-5)8(11)9-7/h5-6H,1-4H2,(H,9,10,11). The Morgan fingerprint density at radius 1 is 0.909 bits per heavy atom. The number of imide groups is 1. The molecule has 0 atom stereocenters. The second-order valence-corrected chi connectivity index (χ2v) is 3.40. The van der Waals surface area contributed by atoms with Gasteiger partial charge in [0.2, 0.25) is 11.8 Å². The topological polar surface area (TPSA) is 46.2 Å². The van der Waals surface area contributed by atoms with E-state index in [0.29, 0.717) is 0 Å². The van der Waals surface area contributed by atoms with E-state index in [1.165, 1.54) is 0 Å². The molecule has 1 N–H and O–H groups in total. The first-order valence-corrected chi connectivity index (χ1v) is 4.12. The van der Waals surface area contributed by atoms with Gasteiger partial charge in [0.05, 0.1) is 0 Å². The highest BCUT2D eigenvalue weighted by molar-refractivity contribution is 5.98. The number of fused-ring (bicyclic) bond motifs is 4. The normalized spacial score (nSPS) is 36.7. The van der Waals surface area contributed by atoms with Crippen molar-refractivity contribution in [2.75, 3.05) is 0 Å². The number of carbonyl (C=O) groups is 2. The van der Waals surface area contributed by atoms with Gasteiger partial charge in [0, 0.05) is 11.8 Å². The fourth-order valence-electron chi connectivity index (χ4n) is 1.94. The van der Waals surface area contributed by atoms with Gasteiger partial charge in [-0.05, 0) is 25.7 Å². The summed E-state index contributed by atoms with van der Waals surface area (Å²) in [5.41, 5.74) is 0. The van der Waals surface area contributed by atoms with Crippen molar-refractivity contribution in [1.29, 1.82) is 0 Å². The van der Waals surface area contributed by atoms with E-state index in [4.69, 9.17) is 0 Å². The summed E-state index contributed by atoms with van der Waals surface area (Å²) in [5.74, 6) is 0.153. The summed E-state index contributed by atoms with van der Waals surface area (Å²) in [6.45, 7) is 0. The summed E-state index contributed by atoms with van der Waals surface area (Å²) in [4.78, 5) is 22.3. The molecule has 2 heterocycles. The van der Waals surface area contributed by atoms with E-state index in [2.05, 4.69) is 5.32 Å². The van der Waals surface area contributed by atoms with E-state index in [0.717, 1.165) is 25.7 Å². The highest BCUT2D eigenvalue weighted by Gasteiger charge is 2.35. The van der Waals surface area contributed by atoms with Crippen LogP contribution in [0.25, 0.3) is 0 Å². The molecule has 2 amide bonds. The zero-order chi connectivity index (χ0) is 7.84. The van der Waals surface area contributed by atoms with E-state index in [1.807, 2.05) is 0 Å². The molecule has 0 unspecified atom stereocenters. The van der Waals surface area contributed by atoms with Crippen molar-refractivity contribution >= 4 is 11.8 Å². The Balaban J connectivity index is 2.25. The van der Waals surface area contributed by atoms with Crippen LogP contribution in [0.2, 0.25) is 0 Å².